The lowest BCUT2D eigenvalue weighted by Crippen LogP contribution is -2.16. The molecule has 3 aromatic rings. The summed E-state index contributed by atoms with van der Waals surface area (Å²) in [7, 11) is 1.64. The van der Waals surface area contributed by atoms with Crippen LogP contribution in [0.25, 0.3) is 0 Å². The Morgan fingerprint density at radius 3 is 2.39 bits per heavy atom. The van der Waals surface area contributed by atoms with Crippen molar-refractivity contribution < 1.29 is 9.53 Å². The number of carbonyl (C=O) groups excluding carboxylic acids is 1. The van der Waals surface area contributed by atoms with Crippen LogP contribution < -0.4 is 15.4 Å². The van der Waals surface area contributed by atoms with Gasteiger partial charge in [0, 0.05) is 17.9 Å². The summed E-state index contributed by atoms with van der Waals surface area (Å²) in [6.07, 6.45) is 0. The highest BCUT2D eigenvalue weighted by molar-refractivity contribution is 6.03. The fraction of sp³-hybridized carbons (Fsp3) is 0.227. The number of hydrogen-bond acceptors (Lipinski definition) is 5. The van der Waals surface area contributed by atoms with Crippen LogP contribution in [0.15, 0.2) is 48.5 Å². The first-order valence-electron chi connectivity index (χ1n) is 9.05. The zero-order valence-electron chi connectivity index (χ0n) is 16.5. The minimum Gasteiger partial charge on any atom is -0.497 e. The highest BCUT2D eigenvalue weighted by Crippen LogP contribution is 2.16. The highest BCUT2D eigenvalue weighted by Gasteiger charge is 2.11. The third-order valence-corrected chi connectivity index (χ3v) is 4.46. The van der Waals surface area contributed by atoms with E-state index < -0.39 is 0 Å². The van der Waals surface area contributed by atoms with E-state index in [1.54, 1.807) is 13.2 Å². The SMILES string of the molecule is COc1ccc(CNc2nc(C)cc(C(=O)Nc3ccc(C)c(C)c3)n2)cc1. The normalized spacial score (nSPS) is 10.4. The van der Waals surface area contributed by atoms with Gasteiger partial charge >= 0.3 is 0 Å². The molecule has 0 saturated carbocycles. The maximum Gasteiger partial charge on any atom is 0.274 e. The summed E-state index contributed by atoms with van der Waals surface area (Å²) in [6, 6.07) is 15.2. The number of nitrogens with one attached hydrogen (secondary N) is 2. The molecule has 6 nitrogen and oxygen atoms in total. The van der Waals surface area contributed by atoms with E-state index in [0.717, 1.165) is 28.3 Å². The second kappa shape index (κ2) is 8.52. The summed E-state index contributed by atoms with van der Waals surface area (Å²) in [5.41, 5.74) is 5.16. The number of aryl methyl sites for hydroxylation is 3. The molecular formula is C22H24N4O2. The van der Waals surface area contributed by atoms with Crippen molar-refractivity contribution >= 4 is 17.5 Å². The first-order chi connectivity index (χ1) is 13.4. The second-order valence-corrected chi connectivity index (χ2v) is 6.67. The van der Waals surface area contributed by atoms with Crippen molar-refractivity contribution in [2.75, 3.05) is 17.7 Å². The van der Waals surface area contributed by atoms with Crippen LogP contribution in [-0.4, -0.2) is 23.0 Å². The summed E-state index contributed by atoms with van der Waals surface area (Å²) in [5, 5.41) is 6.07. The largest absolute Gasteiger partial charge is 0.497 e. The number of benzene rings is 2. The molecule has 0 aliphatic carbocycles. The number of amides is 1. The molecule has 1 amide bonds. The molecule has 144 valence electrons. The summed E-state index contributed by atoms with van der Waals surface area (Å²) >= 11 is 0. The van der Waals surface area contributed by atoms with Gasteiger partial charge in [-0.05, 0) is 67.8 Å². The Bertz CT molecular complexity index is 984. The molecule has 0 saturated heterocycles. The summed E-state index contributed by atoms with van der Waals surface area (Å²) in [6.45, 7) is 6.44. The van der Waals surface area contributed by atoms with Gasteiger partial charge < -0.3 is 15.4 Å². The van der Waals surface area contributed by atoms with Crippen LogP contribution in [0.2, 0.25) is 0 Å². The van der Waals surface area contributed by atoms with E-state index in [1.165, 1.54) is 5.56 Å². The van der Waals surface area contributed by atoms with Gasteiger partial charge in [0.25, 0.3) is 5.91 Å². The second-order valence-electron chi connectivity index (χ2n) is 6.67. The lowest BCUT2D eigenvalue weighted by Gasteiger charge is -2.10. The minimum absolute atomic E-state index is 0.263. The van der Waals surface area contributed by atoms with E-state index in [1.807, 2.05) is 63.2 Å². The Balaban J connectivity index is 1.70. The maximum atomic E-state index is 12.6. The molecule has 0 unspecified atom stereocenters. The molecule has 1 aromatic heterocycles. The van der Waals surface area contributed by atoms with E-state index in [2.05, 4.69) is 20.6 Å². The molecule has 0 fully saturated rings. The molecular weight excluding hydrogens is 352 g/mol. The van der Waals surface area contributed by atoms with Gasteiger partial charge in [0.1, 0.15) is 11.4 Å². The average Bonchev–Trinajstić information content (AvgIpc) is 2.69. The van der Waals surface area contributed by atoms with Crippen LogP contribution in [-0.2, 0) is 6.54 Å². The average molecular weight is 376 g/mol. The molecule has 0 spiro atoms. The molecule has 2 aromatic carbocycles. The van der Waals surface area contributed by atoms with Crippen LogP contribution in [0.1, 0.15) is 32.9 Å². The molecule has 0 aliphatic heterocycles. The number of carbonyl (C=O) groups is 1. The number of rotatable bonds is 6. The third-order valence-electron chi connectivity index (χ3n) is 4.46. The lowest BCUT2D eigenvalue weighted by atomic mass is 10.1. The van der Waals surface area contributed by atoms with Gasteiger partial charge in [0.2, 0.25) is 5.95 Å². The monoisotopic (exact) mass is 376 g/mol. The predicted molar refractivity (Wildman–Crippen MR) is 111 cm³/mol. The van der Waals surface area contributed by atoms with E-state index in [-0.39, 0.29) is 5.91 Å². The van der Waals surface area contributed by atoms with Crippen molar-refractivity contribution in [2.24, 2.45) is 0 Å². The number of hydrogen-bond donors (Lipinski definition) is 2. The first-order valence-corrected chi connectivity index (χ1v) is 9.05. The zero-order valence-corrected chi connectivity index (χ0v) is 16.5. The van der Waals surface area contributed by atoms with Crippen molar-refractivity contribution in [2.45, 2.75) is 27.3 Å². The van der Waals surface area contributed by atoms with E-state index in [0.29, 0.717) is 18.2 Å². The number of anilines is 2. The van der Waals surface area contributed by atoms with Crippen LogP contribution in [0.3, 0.4) is 0 Å². The lowest BCUT2D eigenvalue weighted by molar-refractivity contribution is 0.102. The standard InChI is InChI=1S/C22H24N4O2/c1-14-5-8-18(11-15(14)2)25-21(27)20-12-16(3)24-22(26-20)23-13-17-6-9-19(28-4)10-7-17/h5-12H,13H2,1-4H3,(H,25,27)(H,23,24,26). The van der Waals surface area contributed by atoms with Crippen LogP contribution in [0.4, 0.5) is 11.6 Å². The topological polar surface area (TPSA) is 76.1 Å². The minimum atomic E-state index is -0.263. The van der Waals surface area contributed by atoms with Crippen molar-refractivity contribution in [1.29, 1.82) is 0 Å². The molecule has 0 aliphatic rings. The number of aromatic nitrogens is 2. The quantitative estimate of drug-likeness (QED) is 0.672. The van der Waals surface area contributed by atoms with Crippen molar-refractivity contribution in [3.05, 3.63) is 76.6 Å². The van der Waals surface area contributed by atoms with Gasteiger partial charge in [-0.15, -0.1) is 0 Å². The first kappa shape index (κ1) is 19.4. The fourth-order valence-corrected chi connectivity index (χ4v) is 2.70. The van der Waals surface area contributed by atoms with Crippen LogP contribution in [0, 0.1) is 20.8 Å². The highest BCUT2D eigenvalue weighted by atomic mass is 16.5. The van der Waals surface area contributed by atoms with Gasteiger partial charge in [-0.25, -0.2) is 9.97 Å². The number of ether oxygens (including phenoxy) is 1. The Morgan fingerprint density at radius 1 is 0.964 bits per heavy atom. The molecule has 6 heteroatoms. The molecule has 1 heterocycles. The van der Waals surface area contributed by atoms with Gasteiger partial charge in [-0.2, -0.15) is 0 Å². The zero-order chi connectivity index (χ0) is 20.1. The van der Waals surface area contributed by atoms with Crippen molar-refractivity contribution in [3.8, 4) is 5.75 Å². The van der Waals surface area contributed by atoms with Crippen molar-refractivity contribution in [3.63, 3.8) is 0 Å². The molecule has 2 N–H and O–H groups in total. The Labute approximate surface area is 165 Å². The smallest absolute Gasteiger partial charge is 0.274 e. The van der Waals surface area contributed by atoms with Gasteiger partial charge in [0.15, 0.2) is 0 Å². The molecule has 0 bridgehead atoms. The molecule has 0 atom stereocenters. The van der Waals surface area contributed by atoms with Gasteiger partial charge in [-0.1, -0.05) is 18.2 Å². The number of methoxy groups -OCH3 is 1. The van der Waals surface area contributed by atoms with Gasteiger partial charge in [-0.3, -0.25) is 4.79 Å². The van der Waals surface area contributed by atoms with E-state index in [9.17, 15) is 4.79 Å². The molecule has 28 heavy (non-hydrogen) atoms. The Kier molecular flexibility index (Phi) is 5.89. The van der Waals surface area contributed by atoms with Crippen LogP contribution in [0.5, 0.6) is 5.75 Å². The Hall–Kier alpha value is -3.41. The molecule has 0 radical (unpaired) electrons. The predicted octanol–water partition coefficient (Wildman–Crippen LogP) is 4.27. The van der Waals surface area contributed by atoms with E-state index >= 15 is 0 Å². The fourth-order valence-electron chi connectivity index (χ4n) is 2.70. The maximum absolute atomic E-state index is 12.6. The number of nitrogens with zero attached hydrogens (tertiary/aromatic N) is 2. The van der Waals surface area contributed by atoms with E-state index in [4.69, 9.17) is 4.74 Å². The van der Waals surface area contributed by atoms with Crippen molar-refractivity contribution in [1.82, 2.24) is 9.97 Å². The van der Waals surface area contributed by atoms with Gasteiger partial charge in [0.05, 0.1) is 7.11 Å². The third kappa shape index (κ3) is 4.85. The summed E-state index contributed by atoms with van der Waals surface area (Å²) in [4.78, 5) is 21.3. The van der Waals surface area contributed by atoms with Crippen LogP contribution >= 0.6 is 0 Å². The molecule has 3 rings (SSSR count). The Morgan fingerprint density at radius 2 is 1.71 bits per heavy atom. The summed E-state index contributed by atoms with van der Waals surface area (Å²) < 4.78 is 5.16. The summed E-state index contributed by atoms with van der Waals surface area (Å²) in [5.74, 6) is 0.961.